The van der Waals surface area contributed by atoms with E-state index in [0.717, 1.165) is 28.0 Å². The molecular formula is C20H20O4. The minimum absolute atomic E-state index is 0.340. The second kappa shape index (κ2) is 6.79. The van der Waals surface area contributed by atoms with Crippen molar-refractivity contribution >= 4 is 11.0 Å². The Morgan fingerprint density at radius 1 is 0.917 bits per heavy atom. The topological polar surface area (TPSA) is 48.7 Å². The summed E-state index contributed by atoms with van der Waals surface area (Å²) in [6.45, 7) is 7.00. The van der Waals surface area contributed by atoms with Crippen molar-refractivity contribution in [1.82, 2.24) is 0 Å². The van der Waals surface area contributed by atoms with Gasteiger partial charge in [0.05, 0.1) is 18.8 Å². The smallest absolute Gasteiger partial charge is 0.344 e. The number of rotatable bonds is 5. The van der Waals surface area contributed by atoms with Gasteiger partial charge in [-0.05, 0) is 62.2 Å². The molecule has 0 aliphatic rings. The summed E-state index contributed by atoms with van der Waals surface area (Å²) in [6, 6.07) is 13.0. The van der Waals surface area contributed by atoms with Gasteiger partial charge in [-0.25, -0.2) is 4.79 Å². The normalized spacial score (nSPS) is 10.8. The standard InChI is InChI=1S/C20H20O4/c1-4-22-15-8-6-14(7-9-15)19-13(3)17-12-16(23-5-2)10-11-18(17)24-20(19)21/h6-12H,4-5H2,1-3H3. The first kappa shape index (κ1) is 16.1. The summed E-state index contributed by atoms with van der Waals surface area (Å²) in [4.78, 5) is 12.4. The van der Waals surface area contributed by atoms with E-state index in [1.165, 1.54) is 0 Å². The molecule has 24 heavy (non-hydrogen) atoms. The molecule has 4 heteroatoms. The molecule has 1 aromatic heterocycles. The quantitative estimate of drug-likeness (QED) is 0.645. The van der Waals surface area contributed by atoms with Gasteiger partial charge in [0.15, 0.2) is 0 Å². The summed E-state index contributed by atoms with van der Waals surface area (Å²) < 4.78 is 16.5. The molecule has 0 fully saturated rings. The van der Waals surface area contributed by atoms with Gasteiger partial charge in [0.25, 0.3) is 0 Å². The zero-order chi connectivity index (χ0) is 17.1. The summed E-state index contributed by atoms with van der Waals surface area (Å²) >= 11 is 0. The third-order valence-corrected chi connectivity index (χ3v) is 3.90. The van der Waals surface area contributed by atoms with Crippen LogP contribution in [-0.2, 0) is 0 Å². The SMILES string of the molecule is CCOc1ccc(-c2c(C)c3cc(OCC)ccc3oc2=O)cc1. The Hall–Kier alpha value is -2.75. The Morgan fingerprint density at radius 3 is 2.21 bits per heavy atom. The average molecular weight is 324 g/mol. The largest absolute Gasteiger partial charge is 0.494 e. The monoisotopic (exact) mass is 324 g/mol. The lowest BCUT2D eigenvalue weighted by molar-refractivity contribution is 0.340. The highest BCUT2D eigenvalue weighted by Crippen LogP contribution is 2.30. The van der Waals surface area contributed by atoms with Gasteiger partial charge in [0.2, 0.25) is 0 Å². The summed E-state index contributed by atoms with van der Waals surface area (Å²) in [5, 5.41) is 0.879. The molecule has 0 radical (unpaired) electrons. The van der Waals surface area contributed by atoms with Gasteiger partial charge in [-0.3, -0.25) is 0 Å². The highest BCUT2D eigenvalue weighted by atomic mass is 16.5. The molecule has 0 spiro atoms. The molecule has 4 nitrogen and oxygen atoms in total. The molecule has 0 aliphatic heterocycles. The molecule has 0 saturated carbocycles. The molecule has 0 saturated heterocycles. The Morgan fingerprint density at radius 2 is 1.54 bits per heavy atom. The van der Waals surface area contributed by atoms with Crippen molar-refractivity contribution in [2.75, 3.05) is 13.2 Å². The molecule has 2 aromatic carbocycles. The lowest BCUT2D eigenvalue weighted by Crippen LogP contribution is -2.06. The van der Waals surface area contributed by atoms with E-state index in [-0.39, 0.29) is 5.63 Å². The van der Waals surface area contributed by atoms with Crippen LogP contribution in [-0.4, -0.2) is 13.2 Å². The predicted molar refractivity (Wildman–Crippen MR) is 95.0 cm³/mol. The Labute approximate surface area is 140 Å². The number of benzene rings is 2. The number of ether oxygens (including phenoxy) is 2. The van der Waals surface area contributed by atoms with E-state index >= 15 is 0 Å². The van der Waals surface area contributed by atoms with Crippen LogP contribution in [0.25, 0.3) is 22.1 Å². The van der Waals surface area contributed by atoms with Crippen molar-refractivity contribution in [2.24, 2.45) is 0 Å². The third-order valence-electron chi connectivity index (χ3n) is 3.90. The fourth-order valence-electron chi connectivity index (χ4n) is 2.81. The van der Waals surface area contributed by atoms with E-state index in [4.69, 9.17) is 13.9 Å². The first-order valence-electron chi connectivity index (χ1n) is 8.07. The van der Waals surface area contributed by atoms with E-state index < -0.39 is 0 Å². The highest BCUT2D eigenvalue weighted by molar-refractivity contribution is 5.87. The van der Waals surface area contributed by atoms with Crippen LogP contribution in [0, 0.1) is 6.92 Å². The van der Waals surface area contributed by atoms with Gasteiger partial charge >= 0.3 is 5.63 Å². The van der Waals surface area contributed by atoms with Crippen molar-refractivity contribution in [2.45, 2.75) is 20.8 Å². The second-order valence-corrected chi connectivity index (χ2v) is 5.44. The number of hydrogen-bond acceptors (Lipinski definition) is 4. The van der Waals surface area contributed by atoms with E-state index in [1.807, 2.05) is 57.2 Å². The van der Waals surface area contributed by atoms with Crippen molar-refractivity contribution in [3.05, 3.63) is 58.4 Å². The first-order chi connectivity index (χ1) is 11.6. The van der Waals surface area contributed by atoms with Gasteiger partial charge in [-0.15, -0.1) is 0 Å². The van der Waals surface area contributed by atoms with Gasteiger partial charge in [0.1, 0.15) is 17.1 Å². The van der Waals surface area contributed by atoms with Crippen molar-refractivity contribution in [1.29, 1.82) is 0 Å². The van der Waals surface area contributed by atoms with Crippen LogP contribution >= 0.6 is 0 Å². The summed E-state index contributed by atoms with van der Waals surface area (Å²) in [5.74, 6) is 1.54. The second-order valence-electron chi connectivity index (χ2n) is 5.44. The molecule has 124 valence electrons. The van der Waals surface area contributed by atoms with Gasteiger partial charge in [0, 0.05) is 5.39 Å². The van der Waals surface area contributed by atoms with Gasteiger partial charge in [-0.2, -0.15) is 0 Å². The summed E-state index contributed by atoms with van der Waals surface area (Å²) in [5.41, 5.74) is 2.49. The molecule has 0 unspecified atom stereocenters. The van der Waals surface area contributed by atoms with E-state index in [2.05, 4.69) is 0 Å². The molecule has 0 amide bonds. The lowest BCUT2D eigenvalue weighted by Gasteiger charge is -2.10. The van der Waals surface area contributed by atoms with Crippen LogP contribution in [0.4, 0.5) is 0 Å². The number of hydrogen-bond donors (Lipinski definition) is 0. The maximum absolute atomic E-state index is 12.4. The van der Waals surface area contributed by atoms with E-state index in [9.17, 15) is 4.79 Å². The molecule has 3 rings (SSSR count). The maximum atomic E-state index is 12.4. The molecule has 0 N–H and O–H groups in total. The Kier molecular flexibility index (Phi) is 4.56. The average Bonchev–Trinajstić information content (AvgIpc) is 2.58. The fourth-order valence-corrected chi connectivity index (χ4v) is 2.81. The maximum Gasteiger partial charge on any atom is 0.344 e. The lowest BCUT2D eigenvalue weighted by atomic mass is 9.99. The fraction of sp³-hybridized carbons (Fsp3) is 0.250. The number of fused-ring (bicyclic) bond motifs is 1. The molecule has 0 bridgehead atoms. The summed E-state index contributed by atoms with van der Waals surface area (Å²) in [6.07, 6.45) is 0. The van der Waals surface area contributed by atoms with E-state index in [0.29, 0.717) is 24.4 Å². The zero-order valence-electron chi connectivity index (χ0n) is 14.1. The van der Waals surface area contributed by atoms with Crippen LogP contribution in [0.2, 0.25) is 0 Å². The molecule has 0 aliphatic carbocycles. The van der Waals surface area contributed by atoms with Crippen molar-refractivity contribution < 1.29 is 13.9 Å². The molecule has 1 heterocycles. The van der Waals surface area contributed by atoms with Gasteiger partial charge < -0.3 is 13.9 Å². The van der Waals surface area contributed by atoms with Crippen LogP contribution in [0.1, 0.15) is 19.4 Å². The molecule has 0 atom stereocenters. The Balaban J connectivity index is 2.14. The third kappa shape index (κ3) is 3.00. The highest BCUT2D eigenvalue weighted by Gasteiger charge is 2.14. The van der Waals surface area contributed by atoms with E-state index in [1.54, 1.807) is 6.07 Å². The minimum atomic E-state index is -0.340. The molecule has 3 aromatic rings. The first-order valence-corrected chi connectivity index (χ1v) is 8.07. The summed E-state index contributed by atoms with van der Waals surface area (Å²) in [7, 11) is 0. The van der Waals surface area contributed by atoms with Crippen LogP contribution in [0.15, 0.2) is 51.7 Å². The predicted octanol–water partition coefficient (Wildman–Crippen LogP) is 4.57. The van der Waals surface area contributed by atoms with Crippen molar-refractivity contribution in [3.8, 4) is 22.6 Å². The van der Waals surface area contributed by atoms with Crippen molar-refractivity contribution in [3.63, 3.8) is 0 Å². The van der Waals surface area contributed by atoms with Crippen LogP contribution in [0.5, 0.6) is 11.5 Å². The zero-order valence-corrected chi connectivity index (χ0v) is 14.1. The Bertz CT molecular complexity index is 907. The number of aryl methyl sites for hydroxylation is 1. The minimum Gasteiger partial charge on any atom is -0.494 e. The van der Waals surface area contributed by atoms with Crippen LogP contribution < -0.4 is 15.1 Å². The molecular weight excluding hydrogens is 304 g/mol. The van der Waals surface area contributed by atoms with Crippen LogP contribution in [0.3, 0.4) is 0 Å². The van der Waals surface area contributed by atoms with Gasteiger partial charge in [-0.1, -0.05) is 12.1 Å².